The van der Waals surface area contributed by atoms with Crippen molar-refractivity contribution in [2.75, 3.05) is 26.7 Å². The summed E-state index contributed by atoms with van der Waals surface area (Å²) in [5, 5.41) is 15.2. The summed E-state index contributed by atoms with van der Waals surface area (Å²) in [7, 11) is 1.63. The lowest BCUT2D eigenvalue weighted by molar-refractivity contribution is -0.274. The minimum atomic E-state index is -4.78. The molecule has 1 heterocycles. The molecule has 3 atom stereocenters. The zero-order valence-electron chi connectivity index (χ0n) is 22.0. The second kappa shape index (κ2) is 10.8. The molecule has 1 amide bonds. The minimum Gasteiger partial charge on any atom is -0.497 e. The molecule has 2 aromatic rings. The van der Waals surface area contributed by atoms with E-state index in [0.717, 1.165) is 36.7 Å². The fourth-order valence-electron chi connectivity index (χ4n) is 6.36. The average molecular weight is 545 g/mol. The molecule has 39 heavy (non-hydrogen) atoms. The highest BCUT2D eigenvalue weighted by Crippen LogP contribution is 2.52. The molecule has 210 valence electrons. The number of hydrogen-bond acceptors (Lipinski definition) is 5. The van der Waals surface area contributed by atoms with Gasteiger partial charge in [-0.1, -0.05) is 24.3 Å². The first-order chi connectivity index (χ1) is 18.6. The van der Waals surface area contributed by atoms with Crippen molar-refractivity contribution in [1.29, 1.82) is 0 Å². The number of aliphatic hydroxyl groups is 1. The molecule has 1 saturated heterocycles. The van der Waals surface area contributed by atoms with Crippen molar-refractivity contribution in [1.82, 2.24) is 10.2 Å². The summed E-state index contributed by atoms with van der Waals surface area (Å²) in [6.07, 6.45) is 3.07. The third kappa shape index (κ3) is 6.41. The summed E-state index contributed by atoms with van der Waals surface area (Å²) >= 11 is 0. The molecular weight excluding hydrogens is 509 g/mol. The number of alkyl halides is 3. The monoisotopic (exact) mass is 544 g/mol. The first kappa shape index (κ1) is 27.5. The summed E-state index contributed by atoms with van der Waals surface area (Å²) in [6.45, 7) is 2.52. The average Bonchev–Trinajstić information content (AvgIpc) is 3.71. The first-order valence-corrected chi connectivity index (χ1v) is 13.5. The van der Waals surface area contributed by atoms with Gasteiger partial charge >= 0.3 is 6.36 Å². The Morgan fingerprint density at radius 1 is 1.13 bits per heavy atom. The van der Waals surface area contributed by atoms with Crippen molar-refractivity contribution in [3.05, 3.63) is 65.7 Å². The molecular formula is C30H35F3N2O4. The Kier molecular flexibility index (Phi) is 7.66. The second-order valence-electron chi connectivity index (χ2n) is 11.2. The van der Waals surface area contributed by atoms with E-state index in [4.69, 9.17) is 4.74 Å². The van der Waals surface area contributed by atoms with Gasteiger partial charge in [0.15, 0.2) is 0 Å². The Bertz CT molecular complexity index is 1210. The van der Waals surface area contributed by atoms with E-state index in [1.165, 1.54) is 43.2 Å². The molecule has 2 aromatic carbocycles. The number of benzene rings is 2. The van der Waals surface area contributed by atoms with E-state index in [0.29, 0.717) is 31.4 Å². The van der Waals surface area contributed by atoms with Crippen LogP contribution in [-0.2, 0) is 10.2 Å². The van der Waals surface area contributed by atoms with Crippen molar-refractivity contribution in [3.8, 4) is 11.5 Å². The number of fused-ring (bicyclic) bond motifs is 1. The number of methoxy groups -OCH3 is 1. The Morgan fingerprint density at radius 3 is 2.64 bits per heavy atom. The van der Waals surface area contributed by atoms with Crippen molar-refractivity contribution in [3.63, 3.8) is 0 Å². The molecule has 2 saturated carbocycles. The molecule has 3 unspecified atom stereocenters. The second-order valence-corrected chi connectivity index (χ2v) is 11.2. The van der Waals surface area contributed by atoms with Crippen LogP contribution >= 0.6 is 0 Å². The van der Waals surface area contributed by atoms with Crippen LogP contribution in [-0.4, -0.2) is 60.7 Å². The van der Waals surface area contributed by atoms with Crippen molar-refractivity contribution in [2.24, 2.45) is 5.92 Å². The smallest absolute Gasteiger partial charge is 0.497 e. The van der Waals surface area contributed by atoms with Gasteiger partial charge in [-0.25, -0.2) is 0 Å². The lowest BCUT2D eigenvalue weighted by Gasteiger charge is -2.58. The van der Waals surface area contributed by atoms with Gasteiger partial charge in [-0.3, -0.25) is 4.79 Å². The SMILES string of the molecule is COc1cccc(C23CCN(CC4CC4)CC2(O)CCC(NC(=O)/C=C/c2cccc(OC(F)(F)F)c2)C3)c1. The molecule has 0 radical (unpaired) electrons. The summed E-state index contributed by atoms with van der Waals surface area (Å²) < 4.78 is 47.1. The number of hydrogen-bond donors (Lipinski definition) is 2. The predicted molar refractivity (Wildman–Crippen MR) is 141 cm³/mol. The van der Waals surface area contributed by atoms with Crippen LogP contribution in [0.5, 0.6) is 11.5 Å². The van der Waals surface area contributed by atoms with Gasteiger partial charge in [0.2, 0.25) is 5.91 Å². The Labute approximate surface area is 226 Å². The summed E-state index contributed by atoms with van der Waals surface area (Å²) in [4.78, 5) is 15.3. The van der Waals surface area contributed by atoms with E-state index < -0.39 is 17.4 Å². The first-order valence-electron chi connectivity index (χ1n) is 13.5. The molecule has 3 fully saturated rings. The van der Waals surface area contributed by atoms with Gasteiger partial charge in [-0.2, -0.15) is 0 Å². The molecule has 3 aliphatic rings. The fraction of sp³-hybridized carbons (Fsp3) is 0.500. The zero-order valence-corrected chi connectivity index (χ0v) is 22.0. The Morgan fingerprint density at radius 2 is 1.90 bits per heavy atom. The van der Waals surface area contributed by atoms with Crippen molar-refractivity contribution < 1.29 is 32.5 Å². The number of amides is 1. The molecule has 2 N–H and O–H groups in total. The number of nitrogens with zero attached hydrogens (tertiary/aromatic N) is 1. The lowest BCUT2D eigenvalue weighted by Crippen LogP contribution is -2.67. The van der Waals surface area contributed by atoms with Gasteiger partial charge in [0, 0.05) is 30.6 Å². The standard InChI is InChI=1S/C30H35F3N2O4/c1-38-25-6-3-5-23(17-25)28-14-15-35(19-22-8-9-22)20-29(28,37)13-12-24(18-28)34-27(36)11-10-21-4-2-7-26(16-21)39-30(31,32)33/h2-7,10-11,16-17,22,24,37H,8-9,12-15,18-20H2,1H3,(H,34,36)/b11-10+. The van der Waals surface area contributed by atoms with Gasteiger partial charge < -0.3 is 24.8 Å². The van der Waals surface area contributed by atoms with E-state index in [2.05, 4.69) is 15.0 Å². The normalized spacial score (nSPS) is 27.7. The third-order valence-corrected chi connectivity index (χ3v) is 8.43. The number of β-amino-alcohol motifs (C(OH)–C–C–N with tert-alkyl or cyclic N) is 1. The maximum atomic E-state index is 12.9. The minimum absolute atomic E-state index is 0.163. The van der Waals surface area contributed by atoms with Gasteiger partial charge in [0.05, 0.1) is 12.7 Å². The zero-order chi connectivity index (χ0) is 27.7. The maximum absolute atomic E-state index is 12.9. The van der Waals surface area contributed by atoms with Gasteiger partial charge in [0.1, 0.15) is 11.5 Å². The van der Waals surface area contributed by atoms with Gasteiger partial charge in [-0.05, 0) is 92.5 Å². The summed E-state index contributed by atoms with van der Waals surface area (Å²) in [5.74, 6) is 0.793. The topological polar surface area (TPSA) is 71.0 Å². The van der Waals surface area contributed by atoms with E-state index in [-0.39, 0.29) is 17.7 Å². The number of ether oxygens (including phenoxy) is 2. The molecule has 0 spiro atoms. The Hall–Kier alpha value is -3.04. The van der Waals surface area contributed by atoms with Crippen LogP contribution in [0.25, 0.3) is 6.08 Å². The quantitative estimate of drug-likeness (QED) is 0.455. The molecule has 0 bridgehead atoms. The lowest BCUT2D eigenvalue weighted by atomic mass is 9.55. The number of rotatable bonds is 8. The van der Waals surface area contributed by atoms with Crippen molar-refractivity contribution in [2.45, 2.75) is 61.9 Å². The van der Waals surface area contributed by atoms with Crippen LogP contribution in [0.2, 0.25) is 0 Å². The number of likely N-dealkylation sites (tertiary alicyclic amines) is 1. The number of halogens is 3. The summed E-state index contributed by atoms with van der Waals surface area (Å²) in [5.41, 5.74) is -0.0278. The van der Waals surface area contributed by atoms with Crippen LogP contribution in [0.15, 0.2) is 54.6 Å². The number of carbonyl (C=O) groups excluding carboxylic acids is 1. The van der Waals surface area contributed by atoms with Gasteiger partial charge in [0.25, 0.3) is 0 Å². The van der Waals surface area contributed by atoms with Crippen LogP contribution in [0, 0.1) is 5.92 Å². The fourth-order valence-corrected chi connectivity index (χ4v) is 6.36. The Balaban J connectivity index is 1.31. The summed E-state index contributed by atoms with van der Waals surface area (Å²) in [6, 6.07) is 13.2. The third-order valence-electron chi connectivity index (χ3n) is 8.43. The van der Waals surface area contributed by atoms with E-state index in [1.54, 1.807) is 13.2 Å². The molecule has 2 aliphatic carbocycles. The van der Waals surface area contributed by atoms with E-state index in [1.807, 2.05) is 24.3 Å². The van der Waals surface area contributed by atoms with Crippen LogP contribution in [0.1, 0.15) is 49.7 Å². The molecule has 1 aliphatic heterocycles. The predicted octanol–water partition coefficient (Wildman–Crippen LogP) is 5.06. The van der Waals surface area contributed by atoms with Crippen LogP contribution < -0.4 is 14.8 Å². The van der Waals surface area contributed by atoms with E-state index >= 15 is 0 Å². The van der Waals surface area contributed by atoms with E-state index in [9.17, 15) is 23.1 Å². The van der Waals surface area contributed by atoms with Crippen molar-refractivity contribution >= 4 is 12.0 Å². The van der Waals surface area contributed by atoms with Gasteiger partial charge in [-0.15, -0.1) is 13.2 Å². The molecule has 0 aromatic heterocycles. The highest BCUT2D eigenvalue weighted by molar-refractivity contribution is 5.92. The number of piperidine rings is 1. The number of nitrogens with one attached hydrogen (secondary N) is 1. The largest absolute Gasteiger partial charge is 0.573 e. The van der Waals surface area contributed by atoms with Crippen LogP contribution in [0.3, 0.4) is 0 Å². The maximum Gasteiger partial charge on any atom is 0.573 e. The molecule has 9 heteroatoms. The van der Waals surface area contributed by atoms with Crippen LogP contribution in [0.4, 0.5) is 13.2 Å². The number of carbonyl (C=O) groups is 1. The highest BCUT2D eigenvalue weighted by Gasteiger charge is 2.57. The highest BCUT2D eigenvalue weighted by atomic mass is 19.4. The molecule has 6 nitrogen and oxygen atoms in total. The molecule has 5 rings (SSSR count).